The van der Waals surface area contributed by atoms with Gasteiger partial charge >= 0.3 is 0 Å². The van der Waals surface area contributed by atoms with E-state index in [1.54, 1.807) is 11.8 Å². The maximum Gasteiger partial charge on any atom is 0.165 e. The first-order valence-electron chi connectivity index (χ1n) is 4.70. The number of aromatic nitrogens is 2. The first-order chi connectivity index (χ1) is 6.40. The Balaban J connectivity index is 2.05. The first-order valence-corrected chi connectivity index (χ1v) is 5.92. The number of hydrogen-bond donors (Lipinski definition) is 2. The van der Waals surface area contributed by atoms with Gasteiger partial charge in [0, 0.05) is 17.8 Å². The van der Waals surface area contributed by atoms with Crippen molar-refractivity contribution in [2.45, 2.75) is 23.9 Å². The van der Waals surface area contributed by atoms with Crippen molar-refractivity contribution in [1.82, 2.24) is 15.3 Å². The van der Waals surface area contributed by atoms with Crippen molar-refractivity contribution in [2.24, 2.45) is 0 Å². The van der Waals surface area contributed by atoms with Gasteiger partial charge in [-0.1, -0.05) is 11.8 Å². The third-order valence-electron chi connectivity index (χ3n) is 2.54. The summed E-state index contributed by atoms with van der Waals surface area (Å²) in [6, 6.07) is 0. The molecular weight excluding hydrogens is 182 g/mol. The summed E-state index contributed by atoms with van der Waals surface area (Å²) in [5, 5.41) is 4.40. The van der Waals surface area contributed by atoms with Gasteiger partial charge in [0.1, 0.15) is 0 Å². The lowest BCUT2D eigenvalue weighted by Gasteiger charge is -2.20. The normalized spacial score (nSPS) is 19.2. The number of hydrogen-bond acceptors (Lipinski definition) is 3. The maximum absolute atomic E-state index is 4.30. The van der Waals surface area contributed by atoms with E-state index in [1.165, 1.54) is 18.5 Å². The van der Waals surface area contributed by atoms with Crippen LogP contribution in [0, 0.1) is 0 Å². The average molecular weight is 197 g/mol. The van der Waals surface area contributed by atoms with Crippen LogP contribution in [0.25, 0.3) is 0 Å². The molecule has 1 aliphatic heterocycles. The van der Waals surface area contributed by atoms with Crippen molar-refractivity contribution in [1.29, 1.82) is 0 Å². The highest BCUT2D eigenvalue weighted by atomic mass is 32.2. The third kappa shape index (κ3) is 2.06. The number of nitrogens with zero attached hydrogens (tertiary/aromatic N) is 1. The molecule has 3 nitrogen and oxygen atoms in total. The highest BCUT2D eigenvalue weighted by Crippen LogP contribution is 2.24. The van der Waals surface area contributed by atoms with Gasteiger partial charge in [0.2, 0.25) is 0 Å². The standard InChI is InChI=1S/C9H15N3S/c1-13-9-11-6-8(12-9)7-2-4-10-5-3-7/h6-7,10H,2-5H2,1H3,(H,11,12). The van der Waals surface area contributed by atoms with Crippen molar-refractivity contribution >= 4 is 11.8 Å². The molecule has 4 heteroatoms. The number of piperidine rings is 1. The Labute approximate surface area is 82.7 Å². The van der Waals surface area contributed by atoms with Gasteiger partial charge in [0.05, 0.1) is 0 Å². The van der Waals surface area contributed by atoms with E-state index >= 15 is 0 Å². The predicted molar refractivity (Wildman–Crippen MR) is 55.2 cm³/mol. The third-order valence-corrected chi connectivity index (χ3v) is 3.14. The van der Waals surface area contributed by atoms with Gasteiger partial charge in [-0.2, -0.15) is 0 Å². The van der Waals surface area contributed by atoms with Crippen molar-refractivity contribution in [3.8, 4) is 0 Å². The summed E-state index contributed by atoms with van der Waals surface area (Å²) in [6.07, 6.45) is 6.50. The molecule has 72 valence electrons. The Hall–Kier alpha value is -0.480. The van der Waals surface area contributed by atoms with E-state index in [2.05, 4.69) is 15.3 Å². The van der Waals surface area contributed by atoms with E-state index in [0.29, 0.717) is 5.92 Å². The highest BCUT2D eigenvalue weighted by molar-refractivity contribution is 7.98. The zero-order chi connectivity index (χ0) is 9.10. The minimum Gasteiger partial charge on any atom is -0.337 e. The van der Waals surface area contributed by atoms with Crippen LogP contribution in [0.1, 0.15) is 24.5 Å². The lowest BCUT2D eigenvalue weighted by Crippen LogP contribution is -2.26. The lowest BCUT2D eigenvalue weighted by molar-refractivity contribution is 0.453. The Morgan fingerprint density at radius 3 is 2.85 bits per heavy atom. The summed E-state index contributed by atoms with van der Waals surface area (Å²) < 4.78 is 0. The molecule has 0 atom stereocenters. The van der Waals surface area contributed by atoms with Crippen LogP contribution in [-0.2, 0) is 0 Å². The molecule has 13 heavy (non-hydrogen) atoms. The Kier molecular flexibility index (Phi) is 2.90. The van der Waals surface area contributed by atoms with E-state index in [-0.39, 0.29) is 0 Å². The fourth-order valence-corrected chi connectivity index (χ4v) is 2.14. The van der Waals surface area contributed by atoms with Crippen LogP contribution in [0.15, 0.2) is 11.4 Å². The molecule has 0 unspecified atom stereocenters. The number of imidazole rings is 1. The minimum absolute atomic E-state index is 0.689. The van der Waals surface area contributed by atoms with Gasteiger partial charge in [-0.05, 0) is 32.2 Å². The Morgan fingerprint density at radius 2 is 2.23 bits per heavy atom. The average Bonchev–Trinajstić information content (AvgIpc) is 2.67. The maximum atomic E-state index is 4.30. The predicted octanol–water partition coefficient (Wildman–Crippen LogP) is 1.60. The molecule has 0 spiro atoms. The van der Waals surface area contributed by atoms with E-state index in [0.717, 1.165) is 18.2 Å². The molecule has 2 N–H and O–H groups in total. The second-order valence-corrected chi connectivity index (χ2v) is 4.17. The number of rotatable bonds is 2. The molecule has 0 aromatic carbocycles. The molecular formula is C9H15N3S. The molecule has 0 saturated carbocycles. The number of H-pyrrole nitrogens is 1. The van der Waals surface area contributed by atoms with Crippen molar-refractivity contribution in [3.05, 3.63) is 11.9 Å². The Bertz CT molecular complexity index is 266. The van der Waals surface area contributed by atoms with Crippen LogP contribution in [0.2, 0.25) is 0 Å². The second kappa shape index (κ2) is 4.15. The summed E-state index contributed by atoms with van der Waals surface area (Å²) >= 11 is 1.67. The van der Waals surface area contributed by atoms with Gasteiger partial charge in [-0.25, -0.2) is 4.98 Å². The van der Waals surface area contributed by atoms with Crippen LogP contribution >= 0.6 is 11.8 Å². The number of thioether (sulfide) groups is 1. The molecule has 1 aromatic rings. The van der Waals surface area contributed by atoms with E-state index in [1.807, 2.05) is 12.5 Å². The van der Waals surface area contributed by atoms with Gasteiger partial charge < -0.3 is 10.3 Å². The summed E-state index contributed by atoms with van der Waals surface area (Å²) in [5.74, 6) is 0.689. The van der Waals surface area contributed by atoms with Gasteiger partial charge in [0.15, 0.2) is 5.16 Å². The molecule has 0 amide bonds. The van der Waals surface area contributed by atoms with E-state index < -0.39 is 0 Å². The van der Waals surface area contributed by atoms with Crippen molar-refractivity contribution in [3.63, 3.8) is 0 Å². The van der Waals surface area contributed by atoms with Crippen LogP contribution in [-0.4, -0.2) is 29.3 Å². The van der Waals surface area contributed by atoms with Crippen LogP contribution < -0.4 is 5.32 Å². The zero-order valence-corrected chi connectivity index (χ0v) is 8.66. The number of aromatic amines is 1. The molecule has 1 fully saturated rings. The Morgan fingerprint density at radius 1 is 1.46 bits per heavy atom. The van der Waals surface area contributed by atoms with Crippen LogP contribution in [0.4, 0.5) is 0 Å². The second-order valence-electron chi connectivity index (χ2n) is 3.37. The van der Waals surface area contributed by atoms with Crippen LogP contribution in [0.5, 0.6) is 0 Å². The van der Waals surface area contributed by atoms with Crippen molar-refractivity contribution < 1.29 is 0 Å². The minimum atomic E-state index is 0.689. The van der Waals surface area contributed by atoms with Crippen molar-refractivity contribution in [2.75, 3.05) is 19.3 Å². The molecule has 0 aliphatic carbocycles. The van der Waals surface area contributed by atoms with E-state index in [9.17, 15) is 0 Å². The summed E-state index contributed by atoms with van der Waals surface area (Å²) in [7, 11) is 0. The molecule has 1 aromatic heterocycles. The SMILES string of the molecule is CSc1ncc(C2CCNCC2)[nH]1. The molecule has 1 aliphatic rings. The number of nitrogens with one attached hydrogen (secondary N) is 2. The highest BCUT2D eigenvalue weighted by Gasteiger charge is 2.16. The smallest absolute Gasteiger partial charge is 0.165 e. The zero-order valence-electron chi connectivity index (χ0n) is 7.84. The summed E-state index contributed by atoms with van der Waals surface area (Å²) in [4.78, 5) is 7.65. The van der Waals surface area contributed by atoms with E-state index in [4.69, 9.17) is 0 Å². The summed E-state index contributed by atoms with van der Waals surface area (Å²) in [5.41, 5.74) is 1.31. The summed E-state index contributed by atoms with van der Waals surface area (Å²) in [6.45, 7) is 2.27. The largest absolute Gasteiger partial charge is 0.337 e. The van der Waals surface area contributed by atoms with Gasteiger partial charge in [0.25, 0.3) is 0 Å². The monoisotopic (exact) mass is 197 g/mol. The quantitative estimate of drug-likeness (QED) is 0.708. The fraction of sp³-hybridized carbons (Fsp3) is 0.667. The van der Waals surface area contributed by atoms with Gasteiger partial charge in [-0.3, -0.25) is 0 Å². The lowest BCUT2D eigenvalue weighted by atomic mass is 9.95. The van der Waals surface area contributed by atoms with Crippen LogP contribution in [0.3, 0.4) is 0 Å². The van der Waals surface area contributed by atoms with Gasteiger partial charge in [-0.15, -0.1) is 0 Å². The molecule has 2 heterocycles. The fourth-order valence-electron chi connectivity index (χ4n) is 1.76. The first kappa shape index (κ1) is 9.09. The molecule has 0 radical (unpaired) electrons. The molecule has 2 rings (SSSR count). The topological polar surface area (TPSA) is 40.7 Å². The molecule has 1 saturated heterocycles. The molecule has 0 bridgehead atoms.